The first-order valence-electron chi connectivity index (χ1n) is 10.0. The van der Waals surface area contributed by atoms with Crippen molar-refractivity contribution in [3.63, 3.8) is 0 Å². The summed E-state index contributed by atoms with van der Waals surface area (Å²) >= 11 is 0. The highest BCUT2D eigenvalue weighted by atomic mass is 16.3. The maximum Gasteiger partial charge on any atom is 0.0596 e. The smallest absolute Gasteiger partial charge is 0.0596 e. The largest absolute Gasteiger partial charge is 0.393 e. The fourth-order valence-electron chi connectivity index (χ4n) is 7.79. The molecule has 124 valence electrons. The summed E-state index contributed by atoms with van der Waals surface area (Å²) in [6.07, 6.45) is 13.9. The zero-order chi connectivity index (χ0) is 14.8. The second kappa shape index (κ2) is 5.21. The summed E-state index contributed by atoms with van der Waals surface area (Å²) in [4.78, 5) is 0. The van der Waals surface area contributed by atoms with Gasteiger partial charge in [-0.15, -0.1) is 0 Å². The third kappa shape index (κ3) is 2.28. The fourth-order valence-corrected chi connectivity index (χ4v) is 7.79. The minimum absolute atomic E-state index is 0.0859. The number of hydrogen-bond acceptors (Lipinski definition) is 2. The molecule has 2 heteroatoms. The van der Waals surface area contributed by atoms with E-state index in [1.807, 2.05) is 0 Å². The number of aliphatic hydroxyl groups is 2. The van der Waals surface area contributed by atoms with E-state index in [4.69, 9.17) is 0 Å². The molecule has 0 atom stereocenters. The summed E-state index contributed by atoms with van der Waals surface area (Å²) < 4.78 is 0. The van der Waals surface area contributed by atoms with Crippen molar-refractivity contribution in [1.82, 2.24) is 0 Å². The Morgan fingerprint density at radius 3 is 0.818 bits per heavy atom. The normalized spacial score (nSPS) is 60.3. The van der Waals surface area contributed by atoms with Gasteiger partial charge in [-0.25, -0.2) is 0 Å². The molecule has 2 nitrogen and oxygen atoms in total. The molecule has 22 heavy (non-hydrogen) atoms. The van der Waals surface area contributed by atoms with Gasteiger partial charge in [0.1, 0.15) is 0 Å². The Hall–Kier alpha value is -0.0800. The van der Waals surface area contributed by atoms with Gasteiger partial charge in [-0.2, -0.15) is 0 Å². The fraction of sp³-hybridized carbons (Fsp3) is 1.00. The molecular weight excluding hydrogens is 272 g/mol. The number of hydrogen-bond donors (Lipinski definition) is 2. The second-order valence-corrected chi connectivity index (χ2v) is 9.84. The van der Waals surface area contributed by atoms with Gasteiger partial charge in [0.05, 0.1) is 12.2 Å². The molecule has 0 aliphatic heterocycles. The highest BCUT2D eigenvalue weighted by molar-refractivity contribution is 4.99. The molecule has 0 saturated heterocycles. The summed E-state index contributed by atoms with van der Waals surface area (Å²) in [7, 11) is 0. The molecule has 0 aromatic heterocycles. The van der Waals surface area contributed by atoms with Gasteiger partial charge in [0.25, 0.3) is 0 Å². The summed E-state index contributed by atoms with van der Waals surface area (Å²) in [5.41, 5.74) is 0. The molecule has 8 aliphatic carbocycles. The quantitative estimate of drug-likeness (QED) is 0.718. The average Bonchev–Trinajstić information content (AvgIpc) is 2.49. The van der Waals surface area contributed by atoms with E-state index in [0.29, 0.717) is 23.7 Å². The van der Waals surface area contributed by atoms with Crippen LogP contribution in [0.25, 0.3) is 0 Å². The van der Waals surface area contributed by atoms with Gasteiger partial charge in [-0.05, 0) is 112 Å². The summed E-state index contributed by atoms with van der Waals surface area (Å²) in [5.74, 6) is 6.80. The monoisotopic (exact) mass is 304 g/mol. The molecule has 2 N–H and O–H groups in total. The highest BCUT2D eigenvalue weighted by Gasteiger charge is 2.48. The Morgan fingerprint density at radius 2 is 0.591 bits per heavy atom. The lowest BCUT2D eigenvalue weighted by Crippen LogP contribution is -2.48. The maximum atomic E-state index is 9.83. The van der Waals surface area contributed by atoms with Crippen LogP contribution in [-0.4, -0.2) is 22.4 Å². The Labute approximate surface area is 134 Å². The van der Waals surface area contributed by atoms with Gasteiger partial charge in [0, 0.05) is 0 Å². The van der Waals surface area contributed by atoms with Crippen LogP contribution >= 0.6 is 0 Å². The predicted octanol–water partition coefficient (Wildman–Crippen LogP) is 3.61. The Bertz CT molecular complexity index is 335. The van der Waals surface area contributed by atoms with Gasteiger partial charge in [0.2, 0.25) is 0 Å². The Balaban J connectivity index is 0.000000102. The van der Waals surface area contributed by atoms with Crippen LogP contribution in [-0.2, 0) is 0 Å². The van der Waals surface area contributed by atoms with Crippen molar-refractivity contribution in [1.29, 1.82) is 0 Å². The van der Waals surface area contributed by atoms with E-state index in [1.54, 1.807) is 0 Å². The van der Waals surface area contributed by atoms with Crippen molar-refractivity contribution in [3.8, 4) is 0 Å². The van der Waals surface area contributed by atoms with E-state index in [0.717, 1.165) is 23.7 Å². The van der Waals surface area contributed by atoms with Crippen LogP contribution in [0.5, 0.6) is 0 Å². The van der Waals surface area contributed by atoms with Gasteiger partial charge >= 0.3 is 0 Å². The van der Waals surface area contributed by atoms with Gasteiger partial charge in [0.15, 0.2) is 0 Å². The van der Waals surface area contributed by atoms with Gasteiger partial charge in [-0.3, -0.25) is 0 Å². The Morgan fingerprint density at radius 1 is 0.364 bits per heavy atom. The van der Waals surface area contributed by atoms with Crippen molar-refractivity contribution in [3.05, 3.63) is 0 Å². The third-order valence-corrected chi connectivity index (χ3v) is 8.35. The lowest BCUT2D eigenvalue weighted by atomic mass is 9.55. The zero-order valence-electron chi connectivity index (χ0n) is 13.7. The summed E-state index contributed by atoms with van der Waals surface area (Å²) in [6.45, 7) is 0. The van der Waals surface area contributed by atoms with Crippen LogP contribution < -0.4 is 0 Å². The minimum Gasteiger partial charge on any atom is -0.393 e. The van der Waals surface area contributed by atoms with Crippen molar-refractivity contribution in [2.24, 2.45) is 47.3 Å². The Kier molecular flexibility index (Phi) is 3.38. The lowest BCUT2D eigenvalue weighted by Gasteiger charge is -2.52. The highest BCUT2D eigenvalue weighted by Crippen LogP contribution is 2.54. The van der Waals surface area contributed by atoms with E-state index < -0.39 is 0 Å². The third-order valence-electron chi connectivity index (χ3n) is 8.35. The first kappa shape index (κ1) is 14.3. The van der Waals surface area contributed by atoms with E-state index in [2.05, 4.69) is 0 Å². The maximum absolute atomic E-state index is 9.83. The second-order valence-electron chi connectivity index (χ2n) is 9.84. The standard InChI is InChI=1S/2C10H16O/c2*11-10-8-2-6-1-7(4-8)5-9(10)3-6/h2*6-11H,1-5H2. The van der Waals surface area contributed by atoms with Crippen LogP contribution in [0.3, 0.4) is 0 Å². The summed E-state index contributed by atoms with van der Waals surface area (Å²) in [6, 6.07) is 0. The van der Waals surface area contributed by atoms with Gasteiger partial charge in [-0.1, -0.05) is 0 Å². The predicted molar refractivity (Wildman–Crippen MR) is 86.1 cm³/mol. The topological polar surface area (TPSA) is 40.5 Å². The molecule has 8 fully saturated rings. The number of rotatable bonds is 0. The van der Waals surface area contributed by atoms with Crippen LogP contribution in [0, 0.1) is 47.3 Å². The molecule has 0 aromatic carbocycles. The van der Waals surface area contributed by atoms with Crippen LogP contribution in [0.15, 0.2) is 0 Å². The lowest BCUT2D eigenvalue weighted by molar-refractivity contribution is -0.0919. The van der Waals surface area contributed by atoms with Crippen molar-refractivity contribution >= 4 is 0 Å². The van der Waals surface area contributed by atoms with E-state index in [1.165, 1.54) is 64.2 Å². The molecule has 0 spiro atoms. The summed E-state index contributed by atoms with van der Waals surface area (Å²) in [5, 5.41) is 19.7. The molecule has 8 rings (SSSR count). The van der Waals surface area contributed by atoms with Crippen molar-refractivity contribution in [2.45, 2.75) is 76.4 Å². The van der Waals surface area contributed by atoms with Crippen LogP contribution in [0.2, 0.25) is 0 Å². The molecule has 8 aliphatic rings. The number of aliphatic hydroxyl groups excluding tert-OH is 2. The van der Waals surface area contributed by atoms with E-state index in [9.17, 15) is 10.2 Å². The zero-order valence-corrected chi connectivity index (χ0v) is 13.7. The molecular formula is C20H32O2. The van der Waals surface area contributed by atoms with Gasteiger partial charge < -0.3 is 10.2 Å². The minimum atomic E-state index is 0.0859. The van der Waals surface area contributed by atoms with Crippen LogP contribution in [0.4, 0.5) is 0 Å². The first-order valence-corrected chi connectivity index (χ1v) is 10.0. The van der Waals surface area contributed by atoms with Crippen molar-refractivity contribution in [2.75, 3.05) is 0 Å². The first-order chi connectivity index (χ1) is 10.7. The molecule has 0 amide bonds. The van der Waals surface area contributed by atoms with E-state index >= 15 is 0 Å². The molecule has 0 heterocycles. The van der Waals surface area contributed by atoms with Crippen LogP contribution in [0.1, 0.15) is 64.2 Å². The average molecular weight is 304 g/mol. The SMILES string of the molecule is OC1C2CC3CC(C2)CC1C3.OC1C2CC3CC(C2)CC1C3. The molecule has 0 unspecified atom stereocenters. The molecule has 0 radical (unpaired) electrons. The van der Waals surface area contributed by atoms with E-state index in [-0.39, 0.29) is 12.2 Å². The molecule has 0 aromatic rings. The molecule has 8 bridgehead atoms. The molecule has 8 saturated carbocycles. The van der Waals surface area contributed by atoms with Crippen molar-refractivity contribution < 1.29 is 10.2 Å².